The van der Waals surface area contributed by atoms with Crippen molar-refractivity contribution >= 4 is 5.90 Å². The molecule has 1 fully saturated rings. The molecular weight excluding hydrogens is 216 g/mol. The second-order valence-electron chi connectivity index (χ2n) is 4.48. The van der Waals surface area contributed by atoms with Gasteiger partial charge >= 0.3 is 0 Å². The SMILES string of the molecule is CC1=CC(C)C2(C#N)C(=N)OC1C2(C#N)C#N. The van der Waals surface area contributed by atoms with Gasteiger partial charge in [-0.15, -0.1) is 0 Å². The van der Waals surface area contributed by atoms with Crippen molar-refractivity contribution in [2.45, 2.75) is 20.0 Å². The van der Waals surface area contributed by atoms with Crippen LogP contribution in [0.3, 0.4) is 0 Å². The highest BCUT2D eigenvalue weighted by Crippen LogP contribution is 2.58. The fourth-order valence-corrected chi connectivity index (χ4v) is 2.85. The second-order valence-corrected chi connectivity index (χ2v) is 4.48. The van der Waals surface area contributed by atoms with E-state index in [1.165, 1.54) is 0 Å². The van der Waals surface area contributed by atoms with E-state index in [1.807, 2.05) is 24.3 Å². The van der Waals surface area contributed by atoms with Crippen molar-refractivity contribution in [2.24, 2.45) is 16.7 Å². The van der Waals surface area contributed by atoms with E-state index in [0.29, 0.717) is 0 Å². The Morgan fingerprint density at radius 3 is 2.35 bits per heavy atom. The van der Waals surface area contributed by atoms with Crippen molar-refractivity contribution in [3.05, 3.63) is 11.6 Å². The van der Waals surface area contributed by atoms with Gasteiger partial charge in [0.1, 0.15) is 0 Å². The van der Waals surface area contributed by atoms with Crippen LogP contribution in [0.15, 0.2) is 11.6 Å². The van der Waals surface area contributed by atoms with Crippen LogP contribution in [-0.4, -0.2) is 12.0 Å². The highest BCUT2D eigenvalue weighted by atomic mass is 16.5. The monoisotopic (exact) mass is 226 g/mol. The Hall–Kier alpha value is -2.32. The van der Waals surface area contributed by atoms with E-state index >= 15 is 0 Å². The van der Waals surface area contributed by atoms with Crippen molar-refractivity contribution in [3.63, 3.8) is 0 Å². The normalized spacial score (nSPS) is 37.1. The van der Waals surface area contributed by atoms with Crippen LogP contribution >= 0.6 is 0 Å². The molecule has 84 valence electrons. The minimum absolute atomic E-state index is 0.270. The van der Waals surface area contributed by atoms with Gasteiger partial charge in [0.15, 0.2) is 11.5 Å². The molecule has 0 amide bonds. The summed E-state index contributed by atoms with van der Waals surface area (Å²) < 4.78 is 5.31. The first-order valence-corrected chi connectivity index (χ1v) is 5.18. The van der Waals surface area contributed by atoms with E-state index in [-0.39, 0.29) is 5.90 Å². The van der Waals surface area contributed by atoms with Gasteiger partial charge in [-0.3, -0.25) is 5.41 Å². The van der Waals surface area contributed by atoms with Crippen LogP contribution in [0.1, 0.15) is 13.8 Å². The largest absolute Gasteiger partial charge is 0.469 e. The summed E-state index contributed by atoms with van der Waals surface area (Å²) in [6, 6.07) is 5.83. The standard InChI is InChI=1S/C12H10N4O/c1-7-3-8(2)12(6-15)10(16)17-9(7)11(12,4-13)5-14/h3,8-9,16H,1-2H3. The van der Waals surface area contributed by atoms with Gasteiger partial charge in [-0.1, -0.05) is 13.0 Å². The number of allylic oxidation sites excluding steroid dienone is 1. The van der Waals surface area contributed by atoms with Gasteiger partial charge in [-0.05, 0) is 12.5 Å². The van der Waals surface area contributed by atoms with E-state index in [2.05, 4.69) is 0 Å². The van der Waals surface area contributed by atoms with E-state index in [0.717, 1.165) is 5.57 Å². The summed E-state index contributed by atoms with van der Waals surface area (Å²) in [5.74, 6) is -0.660. The number of hydrogen-bond donors (Lipinski definition) is 1. The van der Waals surface area contributed by atoms with Gasteiger partial charge in [-0.2, -0.15) is 15.8 Å². The maximum absolute atomic E-state index is 9.39. The Kier molecular flexibility index (Phi) is 2.03. The molecule has 2 aliphatic rings. The summed E-state index contributed by atoms with van der Waals surface area (Å²) in [5, 5.41) is 35.9. The second kappa shape index (κ2) is 3.09. The number of ether oxygens (including phenoxy) is 1. The van der Waals surface area contributed by atoms with Crippen LogP contribution in [0.5, 0.6) is 0 Å². The summed E-state index contributed by atoms with van der Waals surface area (Å²) in [6.07, 6.45) is 1.00. The average molecular weight is 226 g/mol. The first-order valence-electron chi connectivity index (χ1n) is 5.18. The summed E-state index contributed by atoms with van der Waals surface area (Å²) in [5.41, 5.74) is -2.37. The molecule has 0 aromatic carbocycles. The molecule has 1 N–H and O–H groups in total. The zero-order valence-electron chi connectivity index (χ0n) is 9.48. The highest BCUT2D eigenvalue weighted by Gasteiger charge is 2.72. The molecule has 0 spiro atoms. The van der Waals surface area contributed by atoms with Crippen LogP contribution < -0.4 is 0 Å². The fraction of sp³-hybridized carbons (Fsp3) is 0.500. The number of nitrogens with zero attached hydrogens (tertiary/aromatic N) is 3. The first kappa shape index (κ1) is 11.2. The lowest BCUT2D eigenvalue weighted by atomic mass is 9.55. The average Bonchev–Trinajstić information content (AvgIpc) is 2.53. The minimum Gasteiger partial charge on any atom is -0.469 e. The fourth-order valence-electron chi connectivity index (χ4n) is 2.85. The number of nitriles is 3. The number of fused-ring (bicyclic) bond motifs is 2. The number of hydrogen-bond acceptors (Lipinski definition) is 5. The van der Waals surface area contributed by atoms with Crippen LogP contribution in [0.2, 0.25) is 0 Å². The summed E-state index contributed by atoms with van der Waals surface area (Å²) >= 11 is 0. The van der Waals surface area contributed by atoms with Crippen LogP contribution in [-0.2, 0) is 4.74 Å². The summed E-state index contributed by atoms with van der Waals surface area (Å²) in [6.45, 7) is 3.49. The van der Waals surface area contributed by atoms with Gasteiger partial charge in [-0.25, -0.2) is 0 Å². The molecule has 0 aromatic heterocycles. The lowest BCUT2D eigenvalue weighted by Crippen LogP contribution is -2.50. The lowest BCUT2D eigenvalue weighted by Gasteiger charge is -2.37. The van der Waals surface area contributed by atoms with Crippen LogP contribution in [0.25, 0.3) is 0 Å². The first-order chi connectivity index (χ1) is 8.00. The smallest absolute Gasteiger partial charge is 0.211 e. The van der Waals surface area contributed by atoms with Gasteiger partial charge in [0.25, 0.3) is 0 Å². The van der Waals surface area contributed by atoms with Crippen molar-refractivity contribution in [1.29, 1.82) is 21.2 Å². The molecule has 0 aromatic rings. The number of rotatable bonds is 0. The van der Waals surface area contributed by atoms with E-state index in [9.17, 15) is 15.8 Å². The summed E-state index contributed by atoms with van der Waals surface area (Å²) in [7, 11) is 0. The molecule has 1 aliphatic heterocycles. The van der Waals surface area contributed by atoms with Gasteiger partial charge < -0.3 is 4.74 Å². The molecule has 1 saturated heterocycles. The maximum atomic E-state index is 9.39. The zero-order chi connectivity index (χ0) is 12.8. The molecule has 3 unspecified atom stereocenters. The molecule has 1 aliphatic carbocycles. The Morgan fingerprint density at radius 1 is 1.29 bits per heavy atom. The van der Waals surface area contributed by atoms with Gasteiger partial charge in [0, 0.05) is 5.92 Å². The lowest BCUT2D eigenvalue weighted by molar-refractivity contribution is 0.155. The van der Waals surface area contributed by atoms with E-state index < -0.39 is 22.9 Å². The Bertz CT molecular complexity index is 543. The predicted octanol–water partition coefficient (Wildman–Crippen LogP) is 1.50. The van der Waals surface area contributed by atoms with Crippen LogP contribution in [0, 0.1) is 56.2 Å². The topological polar surface area (TPSA) is 104 Å². The van der Waals surface area contributed by atoms with Crippen molar-refractivity contribution in [2.75, 3.05) is 0 Å². The quantitative estimate of drug-likeness (QED) is 0.632. The Balaban J connectivity index is 2.85. The molecule has 5 heteroatoms. The van der Waals surface area contributed by atoms with E-state index in [4.69, 9.17) is 10.1 Å². The molecule has 5 nitrogen and oxygen atoms in total. The van der Waals surface area contributed by atoms with Gasteiger partial charge in [0.05, 0.1) is 18.2 Å². The molecule has 2 rings (SSSR count). The molecule has 3 atom stereocenters. The third-order valence-electron chi connectivity index (χ3n) is 3.75. The third-order valence-corrected chi connectivity index (χ3v) is 3.75. The molecule has 2 bridgehead atoms. The van der Waals surface area contributed by atoms with Crippen molar-refractivity contribution in [3.8, 4) is 18.2 Å². The molecule has 0 radical (unpaired) electrons. The molecular formula is C12H10N4O. The summed E-state index contributed by atoms with van der Waals surface area (Å²) in [4.78, 5) is 0. The maximum Gasteiger partial charge on any atom is 0.211 e. The Labute approximate surface area is 99.0 Å². The van der Waals surface area contributed by atoms with Crippen molar-refractivity contribution in [1.82, 2.24) is 0 Å². The highest BCUT2D eigenvalue weighted by molar-refractivity contribution is 5.90. The third kappa shape index (κ3) is 0.894. The van der Waals surface area contributed by atoms with E-state index in [1.54, 1.807) is 13.8 Å². The molecule has 1 heterocycles. The Morgan fingerprint density at radius 2 is 1.88 bits per heavy atom. The van der Waals surface area contributed by atoms with Crippen LogP contribution in [0.4, 0.5) is 0 Å². The molecule has 0 saturated carbocycles. The van der Waals surface area contributed by atoms with Crippen molar-refractivity contribution < 1.29 is 4.74 Å². The van der Waals surface area contributed by atoms with Gasteiger partial charge in [0.2, 0.25) is 11.3 Å². The zero-order valence-corrected chi connectivity index (χ0v) is 9.48. The number of nitrogens with one attached hydrogen (secondary N) is 1. The predicted molar refractivity (Wildman–Crippen MR) is 57.2 cm³/mol. The minimum atomic E-state index is -1.61. The molecule has 17 heavy (non-hydrogen) atoms.